The zero-order valence-corrected chi connectivity index (χ0v) is 7.51. The monoisotopic (exact) mass is 162 g/mol. The Morgan fingerprint density at radius 1 is 1.36 bits per heavy atom. The zero-order valence-electron chi connectivity index (χ0n) is 7.51. The molecule has 1 aliphatic heterocycles. The molecule has 0 aromatic heterocycles. The first-order chi connectivity index (χ1) is 4.84. The number of ether oxygens (including phenoxy) is 1. The third-order valence-corrected chi connectivity index (χ3v) is 2.71. The molecule has 0 aromatic carbocycles. The van der Waals surface area contributed by atoms with E-state index in [2.05, 4.69) is 13.8 Å². The van der Waals surface area contributed by atoms with Crippen molar-refractivity contribution in [3.05, 3.63) is 0 Å². The van der Waals surface area contributed by atoms with Gasteiger partial charge in [0.25, 0.3) is 0 Å². The first kappa shape index (κ1) is 10.9. The molecule has 0 saturated carbocycles. The molecule has 1 unspecified atom stereocenters. The van der Waals surface area contributed by atoms with Gasteiger partial charge in [0.05, 0.1) is 0 Å². The van der Waals surface area contributed by atoms with Crippen LogP contribution in [0, 0.1) is 11.8 Å². The van der Waals surface area contributed by atoms with Crippen LogP contribution in [0.25, 0.3) is 0 Å². The second-order valence-corrected chi connectivity index (χ2v) is 3.34. The van der Waals surface area contributed by atoms with Gasteiger partial charge in [0.2, 0.25) is 0 Å². The van der Waals surface area contributed by atoms with Crippen LogP contribution in [0.5, 0.6) is 0 Å². The Hall–Kier alpha value is -0.110. The fourth-order valence-electron chi connectivity index (χ4n) is 1.62. The lowest BCUT2D eigenvalue weighted by atomic mass is 9.86. The molecule has 0 radical (unpaired) electrons. The Kier molecular flexibility index (Phi) is 5.47. The highest BCUT2D eigenvalue weighted by Gasteiger charge is 2.18. The molecule has 68 valence electrons. The van der Waals surface area contributed by atoms with E-state index in [1.165, 1.54) is 19.3 Å². The SMILES string of the molecule is CCC(C)C1CCOCC1.F. The smallest absolute Gasteiger partial charge is 0.0468 e. The van der Waals surface area contributed by atoms with Gasteiger partial charge >= 0.3 is 0 Å². The summed E-state index contributed by atoms with van der Waals surface area (Å²) in [7, 11) is 0. The topological polar surface area (TPSA) is 9.23 Å². The van der Waals surface area contributed by atoms with Gasteiger partial charge in [-0.2, -0.15) is 0 Å². The van der Waals surface area contributed by atoms with Gasteiger partial charge in [-0.1, -0.05) is 20.3 Å². The predicted octanol–water partition coefficient (Wildman–Crippen LogP) is 2.61. The van der Waals surface area contributed by atoms with Crippen molar-refractivity contribution in [3.8, 4) is 0 Å². The number of hydrogen-bond donors (Lipinski definition) is 0. The van der Waals surface area contributed by atoms with Gasteiger partial charge in [-0.05, 0) is 24.7 Å². The van der Waals surface area contributed by atoms with Crippen molar-refractivity contribution in [2.75, 3.05) is 13.2 Å². The summed E-state index contributed by atoms with van der Waals surface area (Å²) in [6.07, 6.45) is 3.90. The largest absolute Gasteiger partial charge is 0.381 e. The van der Waals surface area contributed by atoms with Crippen molar-refractivity contribution >= 4 is 0 Å². The van der Waals surface area contributed by atoms with E-state index < -0.39 is 0 Å². The molecule has 1 rings (SSSR count). The van der Waals surface area contributed by atoms with Crippen molar-refractivity contribution in [1.29, 1.82) is 0 Å². The molecule has 1 fully saturated rings. The highest BCUT2D eigenvalue weighted by atomic mass is 19.0. The molecular formula is C9H19FO. The number of halogens is 1. The van der Waals surface area contributed by atoms with E-state index in [1.807, 2.05) is 0 Å². The molecule has 0 spiro atoms. The minimum Gasteiger partial charge on any atom is -0.381 e. The van der Waals surface area contributed by atoms with Crippen LogP contribution < -0.4 is 0 Å². The number of rotatable bonds is 2. The second kappa shape index (κ2) is 5.53. The van der Waals surface area contributed by atoms with Gasteiger partial charge in [0.1, 0.15) is 0 Å². The summed E-state index contributed by atoms with van der Waals surface area (Å²) in [6.45, 7) is 6.63. The van der Waals surface area contributed by atoms with Crippen LogP contribution in [-0.4, -0.2) is 13.2 Å². The van der Waals surface area contributed by atoms with Gasteiger partial charge in [-0.15, -0.1) is 0 Å². The summed E-state index contributed by atoms with van der Waals surface area (Å²) in [5.41, 5.74) is 0. The van der Waals surface area contributed by atoms with Crippen molar-refractivity contribution in [2.45, 2.75) is 33.1 Å². The van der Waals surface area contributed by atoms with Crippen molar-refractivity contribution in [2.24, 2.45) is 11.8 Å². The second-order valence-electron chi connectivity index (χ2n) is 3.34. The van der Waals surface area contributed by atoms with Crippen LogP contribution in [0.4, 0.5) is 4.70 Å². The van der Waals surface area contributed by atoms with E-state index in [1.54, 1.807) is 0 Å². The normalized spacial score (nSPS) is 22.4. The van der Waals surface area contributed by atoms with Crippen LogP contribution >= 0.6 is 0 Å². The summed E-state index contributed by atoms with van der Waals surface area (Å²) >= 11 is 0. The minimum atomic E-state index is 0. The molecule has 1 nitrogen and oxygen atoms in total. The van der Waals surface area contributed by atoms with E-state index in [9.17, 15) is 0 Å². The van der Waals surface area contributed by atoms with Crippen LogP contribution in [-0.2, 0) is 4.74 Å². The van der Waals surface area contributed by atoms with E-state index in [0.717, 1.165) is 25.0 Å². The van der Waals surface area contributed by atoms with Gasteiger partial charge in [0, 0.05) is 13.2 Å². The molecule has 1 saturated heterocycles. The molecule has 1 heterocycles. The highest BCUT2D eigenvalue weighted by Crippen LogP contribution is 2.25. The average Bonchev–Trinajstić information content (AvgIpc) is 2.05. The van der Waals surface area contributed by atoms with Crippen LogP contribution in [0.2, 0.25) is 0 Å². The van der Waals surface area contributed by atoms with Crippen LogP contribution in [0.3, 0.4) is 0 Å². The maximum atomic E-state index is 5.29. The summed E-state index contributed by atoms with van der Waals surface area (Å²) in [6, 6.07) is 0. The van der Waals surface area contributed by atoms with Crippen molar-refractivity contribution in [1.82, 2.24) is 0 Å². The lowest BCUT2D eigenvalue weighted by Crippen LogP contribution is -2.21. The van der Waals surface area contributed by atoms with Gasteiger partial charge in [-0.25, -0.2) is 0 Å². The molecule has 0 bridgehead atoms. The lowest BCUT2D eigenvalue weighted by Gasteiger charge is -2.26. The quantitative estimate of drug-likeness (QED) is 0.606. The van der Waals surface area contributed by atoms with E-state index >= 15 is 0 Å². The Morgan fingerprint density at radius 3 is 2.36 bits per heavy atom. The first-order valence-electron chi connectivity index (χ1n) is 4.42. The maximum Gasteiger partial charge on any atom is 0.0468 e. The molecule has 1 aliphatic rings. The van der Waals surface area contributed by atoms with Gasteiger partial charge < -0.3 is 4.74 Å². The Bertz CT molecular complexity index is 89.6. The molecule has 0 aromatic rings. The lowest BCUT2D eigenvalue weighted by molar-refractivity contribution is 0.0489. The third-order valence-electron chi connectivity index (χ3n) is 2.71. The fourth-order valence-corrected chi connectivity index (χ4v) is 1.62. The van der Waals surface area contributed by atoms with Crippen LogP contribution in [0.15, 0.2) is 0 Å². The van der Waals surface area contributed by atoms with E-state index in [4.69, 9.17) is 4.74 Å². The minimum absolute atomic E-state index is 0. The molecule has 0 aliphatic carbocycles. The molecule has 11 heavy (non-hydrogen) atoms. The average molecular weight is 162 g/mol. The fraction of sp³-hybridized carbons (Fsp3) is 1.00. The van der Waals surface area contributed by atoms with E-state index in [0.29, 0.717) is 0 Å². The van der Waals surface area contributed by atoms with Crippen molar-refractivity contribution < 1.29 is 9.44 Å². The predicted molar refractivity (Wildman–Crippen MR) is 45.5 cm³/mol. The maximum absolute atomic E-state index is 5.29. The Balaban J connectivity index is 0.000001000. The molecular weight excluding hydrogens is 143 g/mol. The highest BCUT2D eigenvalue weighted by molar-refractivity contribution is 4.68. The standard InChI is InChI=1S/C9H18O.FH/c1-3-8(2)9-4-6-10-7-5-9;/h8-9H,3-7H2,1-2H3;1H. The molecule has 0 N–H and O–H groups in total. The molecule has 2 heteroatoms. The molecule has 0 amide bonds. The first-order valence-corrected chi connectivity index (χ1v) is 4.42. The third kappa shape index (κ3) is 3.19. The van der Waals surface area contributed by atoms with Gasteiger partial charge in [-0.3, -0.25) is 4.70 Å². The Morgan fingerprint density at radius 2 is 1.91 bits per heavy atom. The zero-order chi connectivity index (χ0) is 7.40. The summed E-state index contributed by atoms with van der Waals surface area (Å²) in [5.74, 6) is 1.85. The van der Waals surface area contributed by atoms with Crippen molar-refractivity contribution in [3.63, 3.8) is 0 Å². The summed E-state index contributed by atoms with van der Waals surface area (Å²) in [5, 5.41) is 0. The van der Waals surface area contributed by atoms with Gasteiger partial charge in [0.15, 0.2) is 0 Å². The summed E-state index contributed by atoms with van der Waals surface area (Å²) in [4.78, 5) is 0. The molecule has 1 atom stereocenters. The van der Waals surface area contributed by atoms with E-state index in [-0.39, 0.29) is 4.70 Å². The van der Waals surface area contributed by atoms with Crippen LogP contribution in [0.1, 0.15) is 33.1 Å². The number of hydrogen-bond acceptors (Lipinski definition) is 1. The Labute approximate surface area is 68.5 Å². The summed E-state index contributed by atoms with van der Waals surface area (Å²) < 4.78 is 5.29.